The van der Waals surface area contributed by atoms with Crippen LogP contribution in [0.25, 0.3) is 0 Å². The number of carboxylic acids is 1. The molecule has 2 rings (SSSR count). The van der Waals surface area contributed by atoms with Crippen LogP contribution in [0, 0.1) is 11.8 Å². The molecule has 22 heavy (non-hydrogen) atoms. The number of aliphatic carboxylic acids is 1. The Bertz CT molecular complexity index is 372. The van der Waals surface area contributed by atoms with Gasteiger partial charge in [0.05, 0.1) is 5.92 Å². The summed E-state index contributed by atoms with van der Waals surface area (Å²) in [5.41, 5.74) is 0. The quantitative estimate of drug-likeness (QED) is 0.729. The second kappa shape index (κ2) is 8.39. The maximum absolute atomic E-state index is 12.0. The van der Waals surface area contributed by atoms with Gasteiger partial charge >= 0.3 is 12.0 Å². The van der Waals surface area contributed by atoms with Crippen LogP contribution in [0.15, 0.2) is 0 Å². The molecule has 2 fully saturated rings. The highest BCUT2D eigenvalue weighted by atomic mass is 16.4. The Morgan fingerprint density at radius 2 is 1.68 bits per heavy atom. The molecule has 0 radical (unpaired) electrons. The van der Waals surface area contributed by atoms with Gasteiger partial charge in [-0.05, 0) is 44.9 Å². The van der Waals surface area contributed by atoms with Crippen LogP contribution < -0.4 is 10.6 Å². The van der Waals surface area contributed by atoms with E-state index in [9.17, 15) is 9.59 Å². The molecule has 0 aliphatic heterocycles. The van der Waals surface area contributed by atoms with Crippen molar-refractivity contribution in [1.82, 2.24) is 10.6 Å². The van der Waals surface area contributed by atoms with Gasteiger partial charge in [-0.15, -0.1) is 0 Å². The van der Waals surface area contributed by atoms with Gasteiger partial charge in [0, 0.05) is 12.1 Å². The van der Waals surface area contributed by atoms with Gasteiger partial charge < -0.3 is 15.7 Å². The summed E-state index contributed by atoms with van der Waals surface area (Å²) in [7, 11) is 0. The predicted molar refractivity (Wildman–Crippen MR) is 85.7 cm³/mol. The van der Waals surface area contributed by atoms with E-state index in [2.05, 4.69) is 17.6 Å². The molecule has 2 amide bonds. The Kier molecular flexibility index (Phi) is 6.52. The second-order valence-electron chi connectivity index (χ2n) is 7.15. The predicted octanol–water partition coefficient (Wildman–Crippen LogP) is 3.29. The van der Waals surface area contributed by atoms with Gasteiger partial charge in [0.25, 0.3) is 0 Å². The third-order valence-electron chi connectivity index (χ3n) is 5.20. The topological polar surface area (TPSA) is 78.4 Å². The molecule has 5 heteroatoms. The Morgan fingerprint density at radius 1 is 1.05 bits per heavy atom. The third kappa shape index (κ3) is 5.50. The number of carbonyl (C=O) groups is 2. The van der Waals surface area contributed by atoms with E-state index in [0.717, 1.165) is 25.2 Å². The van der Waals surface area contributed by atoms with Gasteiger partial charge in [-0.25, -0.2) is 4.79 Å². The average Bonchev–Trinajstić information content (AvgIpc) is 2.48. The highest BCUT2D eigenvalue weighted by Gasteiger charge is 2.27. The SMILES string of the molecule is C[C@@H](CC1CCCCC1)NC(=O)NC1CCC(C(=O)O)CC1. The lowest BCUT2D eigenvalue weighted by atomic mass is 9.85. The summed E-state index contributed by atoms with van der Waals surface area (Å²) in [4.78, 5) is 23.0. The van der Waals surface area contributed by atoms with Gasteiger partial charge in [0.2, 0.25) is 0 Å². The molecular weight excluding hydrogens is 280 g/mol. The van der Waals surface area contributed by atoms with Crippen LogP contribution >= 0.6 is 0 Å². The maximum atomic E-state index is 12.0. The van der Waals surface area contributed by atoms with E-state index >= 15 is 0 Å². The Hall–Kier alpha value is -1.26. The molecule has 0 spiro atoms. The van der Waals surface area contributed by atoms with Crippen molar-refractivity contribution in [2.75, 3.05) is 0 Å². The first-order valence-corrected chi connectivity index (χ1v) is 8.84. The minimum absolute atomic E-state index is 0.0953. The van der Waals surface area contributed by atoms with Crippen molar-refractivity contribution in [2.24, 2.45) is 11.8 Å². The first-order valence-electron chi connectivity index (χ1n) is 8.84. The summed E-state index contributed by atoms with van der Waals surface area (Å²) >= 11 is 0. The molecule has 2 saturated carbocycles. The molecule has 0 aromatic heterocycles. The molecular formula is C17H30N2O3. The van der Waals surface area contributed by atoms with Crippen molar-refractivity contribution < 1.29 is 14.7 Å². The number of carboxylic acid groups (broad SMARTS) is 1. The van der Waals surface area contributed by atoms with E-state index in [1.807, 2.05) is 0 Å². The van der Waals surface area contributed by atoms with E-state index in [4.69, 9.17) is 5.11 Å². The summed E-state index contributed by atoms with van der Waals surface area (Å²) < 4.78 is 0. The zero-order valence-corrected chi connectivity index (χ0v) is 13.6. The highest BCUT2D eigenvalue weighted by molar-refractivity contribution is 5.74. The lowest BCUT2D eigenvalue weighted by Crippen LogP contribution is -2.47. The molecule has 3 N–H and O–H groups in total. The number of hydrogen-bond donors (Lipinski definition) is 3. The van der Waals surface area contributed by atoms with Gasteiger partial charge in [0.15, 0.2) is 0 Å². The van der Waals surface area contributed by atoms with Crippen LogP contribution in [-0.4, -0.2) is 29.2 Å². The molecule has 0 saturated heterocycles. The van der Waals surface area contributed by atoms with Crippen LogP contribution in [0.3, 0.4) is 0 Å². The number of carbonyl (C=O) groups excluding carboxylic acids is 1. The number of amides is 2. The average molecular weight is 310 g/mol. The molecule has 0 heterocycles. The fraction of sp³-hybridized carbons (Fsp3) is 0.882. The van der Waals surface area contributed by atoms with Gasteiger partial charge in [-0.2, -0.15) is 0 Å². The van der Waals surface area contributed by atoms with Gasteiger partial charge in [0.1, 0.15) is 0 Å². The first-order chi connectivity index (χ1) is 10.5. The summed E-state index contributed by atoms with van der Waals surface area (Å²) in [6.45, 7) is 2.08. The van der Waals surface area contributed by atoms with Crippen LogP contribution in [0.5, 0.6) is 0 Å². The molecule has 126 valence electrons. The number of urea groups is 1. The number of nitrogens with one attached hydrogen (secondary N) is 2. The molecule has 0 aromatic carbocycles. The van der Waals surface area contributed by atoms with Crippen molar-refractivity contribution in [3.63, 3.8) is 0 Å². The Labute approximate surface area is 133 Å². The maximum Gasteiger partial charge on any atom is 0.315 e. The largest absolute Gasteiger partial charge is 0.481 e. The Morgan fingerprint density at radius 3 is 2.27 bits per heavy atom. The van der Waals surface area contributed by atoms with E-state index < -0.39 is 5.97 Å². The summed E-state index contributed by atoms with van der Waals surface area (Å²) in [6.07, 6.45) is 10.5. The first kappa shape index (κ1) is 17.1. The van der Waals surface area contributed by atoms with Crippen LogP contribution in [-0.2, 0) is 4.79 Å². The van der Waals surface area contributed by atoms with E-state index in [1.165, 1.54) is 32.1 Å². The van der Waals surface area contributed by atoms with Crippen molar-refractivity contribution in [2.45, 2.75) is 83.2 Å². The summed E-state index contributed by atoms with van der Waals surface area (Å²) in [5, 5.41) is 15.0. The smallest absolute Gasteiger partial charge is 0.315 e. The van der Waals surface area contributed by atoms with Crippen LogP contribution in [0.2, 0.25) is 0 Å². The monoisotopic (exact) mass is 310 g/mol. The fourth-order valence-corrected chi connectivity index (χ4v) is 3.92. The fourth-order valence-electron chi connectivity index (χ4n) is 3.92. The zero-order valence-electron chi connectivity index (χ0n) is 13.6. The van der Waals surface area contributed by atoms with Crippen LogP contribution in [0.1, 0.15) is 71.1 Å². The van der Waals surface area contributed by atoms with Crippen molar-refractivity contribution >= 4 is 12.0 Å². The minimum Gasteiger partial charge on any atom is -0.481 e. The molecule has 0 bridgehead atoms. The second-order valence-corrected chi connectivity index (χ2v) is 7.15. The normalized spacial score (nSPS) is 27.9. The molecule has 2 aliphatic rings. The zero-order chi connectivity index (χ0) is 15.9. The molecule has 5 nitrogen and oxygen atoms in total. The summed E-state index contributed by atoms with van der Waals surface area (Å²) in [6, 6.07) is 0.234. The van der Waals surface area contributed by atoms with E-state index in [1.54, 1.807) is 0 Å². The van der Waals surface area contributed by atoms with Crippen LogP contribution in [0.4, 0.5) is 4.79 Å². The Balaban J connectivity index is 1.64. The summed E-state index contributed by atoms with van der Waals surface area (Å²) in [5.74, 6) is -0.176. The molecule has 2 aliphatic carbocycles. The van der Waals surface area contributed by atoms with Crippen molar-refractivity contribution in [1.29, 1.82) is 0 Å². The minimum atomic E-state index is -0.705. The van der Waals surface area contributed by atoms with E-state index in [0.29, 0.717) is 12.8 Å². The third-order valence-corrected chi connectivity index (χ3v) is 5.20. The number of rotatable bonds is 5. The molecule has 0 aromatic rings. The number of hydrogen-bond acceptors (Lipinski definition) is 2. The standard InChI is InChI=1S/C17H30N2O3/c1-12(11-13-5-3-2-4-6-13)18-17(22)19-15-9-7-14(8-10-15)16(20)21/h12-15H,2-11H2,1H3,(H,20,21)(H2,18,19,22)/t12-,14?,15?/m0/s1. The van der Waals surface area contributed by atoms with Crippen molar-refractivity contribution in [3.8, 4) is 0 Å². The van der Waals surface area contributed by atoms with Gasteiger partial charge in [-0.1, -0.05) is 32.1 Å². The molecule has 1 atom stereocenters. The molecule has 0 unspecified atom stereocenters. The lowest BCUT2D eigenvalue weighted by molar-refractivity contribution is -0.142. The van der Waals surface area contributed by atoms with E-state index in [-0.39, 0.29) is 24.0 Å². The highest BCUT2D eigenvalue weighted by Crippen LogP contribution is 2.27. The van der Waals surface area contributed by atoms with Gasteiger partial charge in [-0.3, -0.25) is 4.79 Å². The van der Waals surface area contributed by atoms with Crippen molar-refractivity contribution in [3.05, 3.63) is 0 Å². The lowest BCUT2D eigenvalue weighted by Gasteiger charge is -2.28.